The van der Waals surface area contributed by atoms with Crippen molar-refractivity contribution < 1.29 is 19.2 Å². The van der Waals surface area contributed by atoms with E-state index >= 15 is 0 Å². The van der Waals surface area contributed by atoms with Gasteiger partial charge in [0.05, 0.1) is 31.1 Å². The zero-order chi connectivity index (χ0) is 24.2. The van der Waals surface area contributed by atoms with Crippen molar-refractivity contribution in [3.63, 3.8) is 0 Å². The smallest absolute Gasteiger partial charge is 0.243 e. The molecule has 4 amide bonds. The normalized spacial score (nSPS) is 11.5. The number of pyridine rings is 1. The molecule has 0 radical (unpaired) electrons. The summed E-state index contributed by atoms with van der Waals surface area (Å²) >= 11 is 0. The quantitative estimate of drug-likeness (QED) is 0.207. The van der Waals surface area contributed by atoms with Crippen LogP contribution in [0.2, 0.25) is 0 Å². The highest BCUT2D eigenvalue weighted by molar-refractivity contribution is 5.97. The maximum Gasteiger partial charge on any atom is 0.243 e. The van der Waals surface area contributed by atoms with E-state index in [9.17, 15) is 19.2 Å². The number of benzene rings is 1. The molecule has 0 fully saturated rings. The summed E-state index contributed by atoms with van der Waals surface area (Å²) < 4.78 is 0. The van der Waals surface area contributed by atoms with Crippen LogP contribution < -0.4 is 33.2 Å². The van der Waals surface area contributed by atoms with Crippen LogP contribution in [0, 0.1) is 0 Å². The predicted octanol–water partition coefficient (Wildman–Crippen LogP) is -2.13. The Bertz CT molecular complexity index is 978. The van der Waals surface area contributed by atoms with Gasteiger partial charge in [-0.15, -0.1) is 0 Å². The molecule has 2 rings (SSSR count). The zero-order valence-electron chi connectivity index (χ0n) is 18.3. The van der Waals surface area contributed by atoms with Crippen LogP contribution in [-0.4, -0.2) is 78.8 Å². The molecule has 33 heavy (non-hydrogen) atoms. The number of rotatable bonds is 12. The Hall–Kier alpha value is -3.61. The lowest BCUT2D eigenvalue weighted by molar-refractivity contribution is -0.134. The van der Waals surface area contributed by atoms with Gasteiger partial charge in [-0.1, -0.05) is 6.07 Å². The standard InChI is InChI=1S/C21H30N8O4/c22-5-8-29(9-6-23)20(32)11-16(24)21(33)27-12-18(30)26-13-19(31)28-15-3-4-17-14(10-15)2-1-7-25-17/h1-4,7,10,16H,5-6,8-9,11-13,22-24H2,(H,26,30)(H,27,33)(H,28,31). The number of nitrogens with zero attached hydrogens (tertiary/aromatic N) is 2. The fraction of sp³-hybridized carbons (Fsp3) is 0.381. The SMILES string of the molecule is NCCN(CCN)C(=O)CC(N)C(=O)NCC(=O)NCC(=O)Nc1ccc2ncccc2c1. The van der Waals surface area contributed by atoms with E-state index < -0.39 is 23.8 Å². The highest BCUT2D eigenvalue weighted by atomic mass is 16.2. The number of amides is 4. The first kappa shape index (κ1) is 25.6. The predicted molar refractivity (Wildman–Crippen MR) is 124 cm³/mol. The number of nitrogens with two attached hydrogens (primary N) is 3. The molecule has 0 saturated heterocycles. The van der Waals surface area contributed by atoms with Crippen LogP contribution >= 0.6 is 0 Å². The molecule has 2 aromatic rings. The van der Waals surface area contributed by atoms with Crippen molar-refractivity contribution in [1.29, 1.82) is 0 Å². The molecule has 0 spiro atoms. The first-order valence-corrected chi connectivity index (χ1v) is 10.5. The van der Waals surface area contributed by atoms with E-state index in [1.807, 2.05) is 6.07 Å². The average molecular weight is 459 g/mol. The minimum atomic E-state index is -1.13. The second-order valence-electron chi connectivity index (χ2n) is 7.22. The van der Waals surface area contributed by atoms with Gasteiger partial charge >= 0.3 is 0 Å². The van der Waals surface area contributed by atoms with E-state index in [1.165, 1.54) is 4.90 Å². The fourth-order valence-electron chi connectivity index (χ4n) is 2.98. The van der Waals surface area contributed by atoms with Crippen LogP contribution in [0.5, 0.6) is 0 Å². The summed E-state index contributed by atoms with van der Waals surface area (Å²) in [6, 6.07) is 7.79. The largest absolute Gasteiger partial charge is 0.346 e. The molecule has 12 heteroatoms. The maximum atomic E-state index is 12.2. The third-order valence-corrected chi connectivity index (χ3v) is 4.64. The second-order valence-corrected chi connectivity index (χ2v) is 7.22. The number of nitrogens with one attached hydrogen (secondary N) is 3. The van der Waals surface area contributed by atoms with Gasteiger partial charge in [0.15, 0.2) is 0 Å². The van der Waals surface area contributed by atoms with Crippen LogP contribution in [-0.2, 0) is 19.2 Å². The molecule has 0 saturated carbocycles. The third-order valence-electron chi connectivity index (χ3n) is 4.64. The molecule has 0 bridgehead atoms. The Morgan fingerprint density at radius 1 is 0.970 bits per heavy atom. The monoisotopic (exact) mass is 458 g/mol. The van der Waals surface area contributed by atoms with E-state index in [4.69, 9.17) is 17.2 Å². The molecule has 1 aromatic heterocycles. The number of anilines is 1. The van der Waals surface area contributed by atoms with Gasteiger partial charge in [0.2, 0.25) is 23.6 Å². The lowest BCUT2D eigenvalue weighted by Gasteiger charge is -2.22. The Kier molecular flexibility index (Phi) is 10.1. The van der Waals surface area contributed by atoms with Crippen LogP contribution in [0.25, 0.3) is 10.9 Å². The molecule has 178 valence electrons. The van der Waals surface area contributed by atoms with Gasteiger partial charge in [-0.2, -0.15) is 0 Å². The van der Waals surface area contributed by atoms with Crippen molar-refractivity contribution in [1.82, 2.24) is 20.5 Å². The molecular weight excluding hydrogens is 428 g/mol. The number of hydrogen-bond donors (Lipinski definition) is 6. The molecule has 0 aliphatic heterocycles. The van der Waals surface area contributed by atoms with Crippen molar-refractivity contribution in [2.75, 3.05) is 44.6 Å². The summed E-state index contributed by atoms with van der Waals surface area (Å²) in [5.74, 6) is -2.01. The molecule has 9 N–H and O–H groups in total. The average Bonchev–Trinajstić information content (AvgIpc) is 2.80. The lowest BCUT2D eigenvalue weighted by Crippen LogP contribution is -2.48. The topological polar surface area (TPSA) is 199 Å². The van der Waals surface area contributed by atoms with Gasteiger partial charge in [0.25, 0.3) is 0 Å². The van der Waals surface area contributed by atoms with Crippen LogP contribution in [0.15, 0.2) is 36.5 Å². The van der Waals surface area contributed by atoms with Crippen molar-refractivity contribution in [2.24, 2.45) is 17.2 Å². The molecule has 1 unspecified atom stereocenters. The highest BCUT2D eigenvalue weighted by Crippen LogP contribution is 2.16. The number of carbonyl (C=O) groups is 4. The van der Waals surface area contributed by atoms with E-state index in [0.29, 0.717) is 18.8 Å². The number of carbonyl (C=O) groups excluding carboxylic acids is 4. The zero-order valence-corrected chi connectivity index (χ0v) is 18.3. The van der Waals surface area contributed by atoms with E-state index in [-0.39, 0.29) is 38.5 Å². The first-order chi connectivity index (χ1) is 15.8. The van der Waals surface area contributed by atoms with E-state index in [0.717, 1.165) is 10.9 Å². The van der Waals surface area contributed by atoms with Crippen molar-refractivity contribution in [3.8, 4) is 0 Å². The van der Waals surface area contributed by atoms with Crippen LogP contribution in [0.4, 0.5) is 5.69 Å². The summed E-state index contributed by atoms with van der Waals surface area (Å²) in [5.41, 5.74) is 18.1. The molecule has 0 aliphatic carbocycles. The van der Waals surface area contributed by atoms with Gasteiger partial charge in [-0.05, 0) is 24.3 Å². The van der Waals surface area contributed by atoms with E-state index in [1.54, 1.807) is 30.5 Å². The molecule has 1 atom stereocenters. The van der Waals surface area contributed by atoms with Gasteiger partial charge in [-0.3, -0.25) is 24.2 Å². The van der Waals surface area contributed by atoms with E-state index in [2.05, 4.69) is 20.9 Å². The molecule has 12 nitrogen and oxygen atoms in total. The van der Waals surface area contributed by atoms with Gasteiger partial charge < -0.3 is 38.1 Å². The summed E-state index contributed by atoms with van der Waals surface area (Å²) in [5, 5.41) is 8.30. The molecule has 1 heterocycles. The van der Waals surface area contributed by atoms with Crippen molar-refractivity contribution >= 4 is 40.2 Å². The molecule has 0 aliphatic rings. The van der Waals surface area contributed by atoms with Crippen molar-refractivity contribution in [2.45, 2.75) is 12.5 Å². The number of fused-ring (bicyclic) bond motifs is 1. The Morgan fingerprint density at radius 3 is 2.36 bits per heavy atom. The van der Waals surface area contributed by atoms with Crippen LogP contribution in [0.1, 0.15) is 6.42 Å². The molecule has 1 aromatic carbocycles. The Balaban J connectivity index is 1.72. The Morgan fingerprint density at radius 2 is 1.67 bits per heavy atom. The summed E-state index contributed by atoms with van der Waals surface area (Å²) in [4.78, 5) is 54.0. The second kappa shape index (κ2) is 13.1. The van der Waals surface area contributed by atoms with Gasteiger partial charge in [0.1, 0.15) is 0 Å². The summed E-state index contributed by atoms with van der Waals surface area (Å²) in [6.45, 7) is 0.482. The lowest BCUT2D eigenvalue weighted by atomic mass is 10.2. The van der Waals surface area contributed by atoms with Crippen molar-refractivity contribution in [3.05, 3.63) is 36.5 Å². The minimum absolute atomic E-state index is 0.239. The van der Waals surface area contributed by atoms with Crippen LogP contribution in [0.3, 0.4) is 0 Å². The number of aromatic nitrogens is 1. The fourth-order valence-corrected chi connectivity index (χ4v) is 2.98. The highest BCUT2D eigenvalue weighted by Gasteiger charge is 2.21. The molecular formula is C21H30N8O4. The third kappa shape index (κ3) is 8.44. The number of hydrogen-bond acceptors (Lipinski definition) is 8. The minimum Gasteiger partial charge on any atom is -0.346 e. The van der Waals surface area contributed by atoms with Gasteiger partial charge in [0, 0.05) is 43.4 Å². The van der Waals surface area contributed by atoms with Gasteiger partial charge in [-0.25, -0.2) is 0 Å². The Labute approximate surface area is 191 Å². The first-order valence-electron chi connectivity index (χ1n) is 10.5. The summed E-state index contributed by atoms with van der Waals surface area (Å²) in [7, 11) is 0. The summed E-state index contributed by atoms with van der Waals surface area (Å²) in [6.07, 6.45) is 1.44. The maximum absolute atomic E-state index is 12.2.